The Morgan fingerprint density at radius 3 is 1.32 bits per heavy atom. The molecule has 4 heterocycles. The van der Waals surface area contributed by atoms with Gasteiger partial charge in [0.05, 0.1) is 0 Å². The molecule has 0 saturated carbocycles. The van der Waals surface area contributed by atoms with Crippen molar-refractivity contribution in [2.45, 2.75) is 19.3 Å². The van der Waals surface area contributed by atoms with E-state index in [1.54, 1.807) is 0 Å². The Kier molecular flexibility index (Phi) is 10.5. The van der Waals surface area contributed by atoms with Gasteiger partial charge in [0.2, 0.25) is 0 Å². The summed E-state index contributed by atoms with van der Waals surface area (Å²) in [5, 5.41) is 2.57. The molecule has 422 valence electrons. The van der Waals surface area contributed by atoms with Crippen LogP contribution in [0.2, 0.25) is 0 Å². The van der Waals surface area contributed by atoms with Crippen LogP contribution >= 0.6 is 0 Å². The van der Waals surface area contributed by atoms with E-state index < -0.39 is 0 Å². The van der Waals surface area contributed by atoms with Crippen LogP contribution in [-0.4, -0.2) is 14.0 Å². The maximum Gasteiger partial charge on any atom is 0.421 e. The molecule has 0 saturated heterocycles. The van der Waals surface area contributed by atoms with E-state index in [-0.39, 0.29) is 19.4 Å². The van der Waals surface area contributed by atoms with Crippen molar-refractivity contribution >= 4 is 81.2 Å². The minimum atomic E-state index is -0.271. The number of para-hydroxylation sites is 4. The lowest BCUT2D eigenvalue weighted by Crippen LogP contribution is -2.62. The zero-order chi connectivity index (χ0) is 59.8. The first-order chi connectivity index (χ1) is 45.0. The van der Waals surface area contributed by atoms with Gasteiger partial charge in [-0.25, -0.2) is 0 Å². The number of hydrogen-bond acceptors (Lipinski definition) is 4. The molecule has 20 rings (SSSR count). The predicted molar refractivity (Wildman–Crippen MR) is 384 cm³/mol. The maximum atomic E-state index is 2.69. The van der Waals surface area contributed by atoms with Crippen LogP contribution in [0.3, 0.4) is 0 Å². The summed E-state index contributed by atoms with van der Waals surface area (Å²) in [7, 11) is 0. The zero-order valence-corrected chi connectivity index (χ0v) is 50.3. The average molecular weight is 1160 g/mol. The average Bonchev–Trinajstić information content (AvgIpc) is 1.43. The second kappa shape index (κ2) is 18.9. The highest BCUT2D eigenvalue weighted by Crippen LogP contribution is 2.58. The van der Waals surface area contributed by atoms with Crippen LogP contribution < -0.4 is 30.2 Å². The Hall–Kier alpha value is -11.3. The topological polar surface area (TPSA) is 13.0 Å². The fourth-order valence-corrected chi connectivity index (χ4v) is 17.1. The van der Waals surface area contributed by atoms with Crippen molar-refractivity contribution in [3.05, 3.63) is 314 Å². The number of anilines is 8. The van der Waals surface area contributed by atoms with Crippen molar-refractivity contribution in [2.75, 3.05) is 19.2 Å². The molecule has 14 aromatic rings. The van der Waals surface area contributed by atoms with Gasteiger partial charge >= 0.3 is 14.0 Å². The summed E-state index contributed by atoms with van der Waals surface area (Å²) in [5.41, 5.74) is 36.9. The van der Waals surface area contributed by atoms with Crippen LogP contribution in [0.15, 0.2) is 303 Å². The zero-order valence-electron chi connectivity index (χ0n) is 50.3. The standard InChI is InChI=1S/C85H56B2N4/c1-85(2)73-39-15-11-32-70(73)82-74(85)40-22-44-80(82)91-77-43-18-14-31-63(77)67-35-20-34-66-61-29-12-16-41-75(61)89(87(91)83(66)67)58-50-55(53-23-5-3-6-24-53)49-56(51-58)54-45-47-79-72(52-54)69-37-21-36-68-62-30-13-17-42-76(62)90(86(84(68)69)88(79)57-25-7-4-8-26-57)78-48-46-65-60-28-10-9-27-59(60)64-33-19-38-71(78)81(64)65/h3-52H,1-2H3. The lowest BCUT2D eigenvalue weighted by molar-refractivity contribution is 0.660. The van der Waals surface area contributed by atoms with Gasteiger partial charge in [0.1, 0.15) is 0 Å². The van der Waals surface area contributed by atoms with E-state index in [0.29, 0.717) is 0 Å². The molecular weight excluding hydrogens is 1100 g/mol. The molecule has 91 heavy (non-hydrogen) atoms. The number of fused-ring (bicyclic) bond motifs is 14. The quantitative estimate of drug-likeness (QED) is 0.154. The van der Waals surface area contributed by atoms with Gasteiger partial charge in [0.15, 0.2) is 0 Å². The van der Waals surface area contributed by atoms with Crippen molar-refractivity contribution < 1.29 is 0 Å². The summed E-state index contributed by atoms with van der Waals surface area (Å²) in [4.78, 5) is 10.7. The van der Waals surface area contributed by atoms with E-state index >= 15 is 0 Å². The van der Waals surface area contributed by atoms with Gasteiger partial charge in [-0.1, -0.05) is 244 Å². The molecule has 0 spiro atoms. The van der Waals surface area contributed by atoms with Crippen molar-refractivity contribution in [3.63, 3.8) is 0 Å². The summed E-state index contributed by atoms with van der Waals surface area (Å²) in [6.45, 7) is 4.29. The molecule has 4 aliphatic heterocycles. The lowest BCUT2D eigenvalue weighted by Gasteiger charge is -2.48. The fourth-order valence-electron chi connectivity index (χ4n) is 17.1. The van der Waals surface area contributed by atoms with Gasteiger partial charge in [0.25, 0.3) is 0 Å². The number of nitrogens with zero attached hydrogens (tertiary/aromatic N) is 4. The van der Waals surface area contributed by atoms with E-state index in [9.17, 15) is 0 Å². The van der Waals surface area contributed by atoms with E-state index in [2.05, 4.69) is 336 Å². The molecule has 6 aliphatic rings. The summed E-state index contributed by atoms with van der Waals surface area (Å²) >= 11 is 0. The Morgan fingerprint density at radius 2 is 0.670 bits per heavy atom. The number of hydrogen-bond donors (Lipinski definition) is 0. The molecule has 4 nitrogen and oxygen atoms in total. The molecule has 0 unspecified atom stereocenters. The molecule has 0 atom stereocenters. The number of rotatable bonds is 6. The molecule has 0 N–H and O–H groups in total. The highest BCUT2D eigenvalue weighted by molar-refractivity contribution is 6.87. The Balaban J connectivity index is 0.814. The SMILES string of the molecule is CC1(C)c2ccccc2-c2c(N3B4c5c(cccc5-c5ccccc53)-c3ccccc3N4c3cc(-c4ccccc4)cc(-c4ccc5c(c4)-c4cccc6c4B(N5c4ccccc4)N(c4ccc5c7c(cccc47)-c4ccccc4-5)c4ccccc4-6)c3)cccc21. The van der Waals surface area contributed by atoms with Gasteiger partial charge in [-0.2, -0.15) is 0 Å². The van der Waals surface area contributed by atoms with E-state index in [0.717, 1.165) is 33.8 Å². The van der Waals surface area contributed by atoms with Crippen molar-refractivity contribution in [3.8, 4) is 100 Å². The Morgan fingerprint density at radius 1 is 0.242 bits per heavy atom. The molecular formula is C85H56B2N4. The molecule has 6 heteroatoms. The van der Waals surface area contributed by atoms with Gasteiger partial charge in [-0.05, 0) is 173 Å². The maximum absolute atomic E-state index is 2.69. The second-order valence-electron chi connectivity index (χ2n) is 25.8. The third kappa shape index (κ3) is 6.97. The van der Waals surface area contributed by atoms with E-state index in [1.807, 2.05) is 0 Å². The van der Waals surface area contributed by atoms with E-state index in [4.69, 9.17) is 0 Å². The lowest BCUT2D eigenvalue weighted by atomic mass is 9.53. The molecule has 0 fully saturated rings. The Labute approximate surface area is 531 Å². The smallest absolute Gasteiger partial charge is 0.361 e. The van der Waals surface area contributed by atoms with Crippen molar-refractivity contribution in [2.24, 2.45) is 0 Å². The Bertz CT molecular complexity index is 5420. The largest absolute Gasteiger partial charge is 0.421 e. The van der Waals surface area contributed by atoms with Gasteiger partial charge < -0.3 is 19.2 Å². The van der Waals surface area contributed by atoms with Crippen LogP contribution in [-0.2, 0) is 5.41 Å². The van der Waals surface area contributed by atoms with Gasteiger partial charge in [-0.15, -0.1) is 0 Å². The third-order valence-electron chi connectivity index (χ3n) is 20.9. The van der Waals surface area contributed by atoms with Crippen molar-refractivity contribution in [1.82, 2.24) is 0 Å². The molecule has 0 aromatic heterocycles. The normalized spacial score (nSPS) is 14.2. The first-order valence-electron chi connectivity index (χ1n) is 32.0. The summed E-state index contributed by atoms with van der Waals surface area (Å²) in [6, 6.07) is 115. The van der Waals surface area contributed by atoms with Gasteiger partial charge in [-0.3, -0.25) is 0 Å². The van der Waals surface area contributed by atoms with Crippen LogP contribution in [0.25, 0.3) is 111 Å². The highest BCUT2D eigenvalue weighted by Gasteiger charge is 2.50. The number of benzene rings is 14. The predicted octanol–water partition coefficient (Wildman–Crippen LogP) is 20.8. The molecule has 0 bridgehead atoms. The molecule has 0 amide bonds. The molecule has 2 aliphatic carbocycles. The summed E-state index contributed by atoms with van der Waals surface area (Å²) in [6.07, 6.45) is 0. The van der Waals surface area contributed by atoms with Crippen LogP contribution in [0, 0.1) is 0 Å². The van der Waals surface area contributed by atoms with Crippen LogP contribution in [0.5, 0.6) is 0 Å². The first-order valence-corrected chi connectivity index (χ1v) is 32.0. The first kappa shape index (κ1) is 50.6. The monoisotopic (exact) mass is 1150 g/mol. The van der Waals surface area contributed by atoms with Crippen LogP contribution in [0.1, 0.15) is 25.0 Å². The van der Waals surface area contributed by atoms with Gasteiger partial charge in [0, 0.05) is 84.1 Å². The molecule has 14 aromatic carbocycles. The van der Waals surface area contributed by atoms with Crippen molar-refractivity contribution in [1.29, 1.82) is 0 Å². The third-order valence-corrected chi connectivity index (χ3v) is 20.9. The fraction of sp³-hybridized carbons (Fsp3) is 0.0353. The van der Waals surface area contributed by atoms with E-state index in [1.165, 1.54) is 145 Å². The second-order valence-corrected chi connectivity index (χ2v) is 25.8. The summed E-state index contributed by atoms with van der Waals surface area (Å²) in [5.74, 6) is 0. The minimum absolute atomic E-state index is 0.181. The minimum Gasteiger partial charge on any atom is -0.361 e. The summed E-state index contributed by atoms with van der Waals surface area (Å²) < 4.78 is 0. The van der Waals surface area contributed by atoms with Crippen LogP contribution in [0.4, 0.5) is 45.5 Å². The molecule has 0 radical (unpaired) electrons. The highest BCUT2D eigenvalue weighted by atomic mass is 15.3.